The van der Waals surface area contributed by atoms with Gasteiger partial charge in [0.1, 0.15) is 0 Å². The molecule has 0 aliphatic carbocycles. The lowest BCUT2D eigenvalue weighted by Crippen LogP contribution is -2.21. The Hall–Kier alpha value is -3.61. The van der Waals surface area contributed by atoms with E-state index in [-0.39, 0.29) is 5.56 Å². The number of esters is 1. The second kappa shape index (κ2) is 9.21. The average Bonchev–Trinajstić information content (AvgIpc) is 3.24. The van der Waals surface area contributed by atoms with E-state index < -0.39 is 5.97 Å². The molecule has 8 heteroatoms. The van der Waals surface area contributed by atoms with Gasteiger partial charge in [0.05, 0.1) is 46.5 Å². The molecule has 2 heterocycles. The van der Waals surface area contributed by atoms with Crippen LogP contribution in [0.1, 0.15) is 27.0 Å². The van der Waals surface area contributed by atoms with Crippen molar-refractivity contribution in [1.29, 1.82) is 0 Å². The molecule has 2 aromatic heterocycles. The van der Waals surface area contributed by atoms with Gasteiger partial charge in [-0.1, -0.05) is 40.9 Å². The fourth-order valence-corrected chi connectivity index (χ4v) is 4.62. The van der Waals surface area contributed by atoms with Gasteiger partial charge in [0, 0.05) is 18.3 Å². The van der Waals surface area contributed by atoms with Crippen LogP contribution in [0.5, 0.6) is 0 Å². The molecule has 0 aliphatic rings. The number of hydrogen-bond donors (Lipinski definition) is 0. The topological polar surface area (TPSA) is 66.1 Å². The van der Waals surface area contributed by atoms with Gasteiger partial charge in [-0.2, -0.15) is 0 Å². The number of aromatic nitrogens is 3. The summed E-state index contributed by atoms with van der Waals surface area (Å²) >= 11 is 12.3. The molecule has 0 saturated heterocycles. The number of benzene rings is 3. The lowest BCUT2D eigenvalue weighted by molar-refractivity contribution is 0.0599. The lowest BCUT2D eigenvalue weighted by Gasteiger charge is -2.12. The smallest absolute Gasteiger partial charge is 0.338 e. The molecule has 0 aliphatic heterocycles. The number of rotatable bonds is 5. The van der Waals surface area contributed by atoms with Crippen LogP contribution in [0.15, 0.2) is 71.9 Å². The van der Waals surface area contributed by atoms with Gasteiger partial charge in [0.2, 0.25) is 0 Å². The van der Waals surface area contributed by atoms with Gasteiger partial charge in [0.15, 0.2) is 0 Å². The van der Waals surface area contributed by atoms with Crippen molar-refractivity contribution in [2.45, 2.75) is 20.0 Å². The number of fused-ring (bicyclic) bond motifs is 2. The van der Waals surface area contributed by atoms with E-state index in [1.807, 2.05) is 54.1 Å². The summed E-state index contributed by atoms with van der Waals surface area (Å²) in [6, 6.07) is 17.0. The maximum Gasteiger partial charge on any atom is 0.338 e. The molecule has 0 saturated carbocycles. The van der Waals surface area contributed by atoms with Crippen LogP contribution in [0.2, 0.25) is 10.0 Å². The van der Waals surface area contributed by atoms with Crippen molar-refractivity contribution in [2.24, 2.45) is 0 Å². The van der Waals surface area contributed by atoms with Crippen LogP contribution in [0.25, 0.3) is 21.8 Å². The summed E-state index contributed by atoms with van der Waals surface area (Å²) in [5.74, 6) is -0.470. The molecule has 0 atom stereocenters. The summed E-state index contributed by atoms with van der Waals surface area (Å²) in [4.78, 5) is 29.7. The van der Waals surface area contributed by atoms with Crippen LogP contribution in [-0.4, -0.2) is 27.2 Å². The number of nitrogens with zero attached hydrogens (tertiary/aromatic N) is 3. The summed E-state index contributed by atoms with van der Waals surface area (Å²) in [5, 5.41) is 2.30. The second-order valence-corrected chi connectivity index (χ2v) is 9.26. The lowest BCUT2D eigenvalue weighted by atomic mass is 10.1. The van der Waals surface area contributed by atoms with Crippen LogP contribution in [-0.2, 0) is 17.8 Å². The molecule has 0 bridgehead atoms. The van der Waals surface area contributed by atoms with Gasteiger partial charge in [-0.15, -0.1) is 0 Å². The molecule has 6 nitrogen and oxygen atoms in total. The fraction of sp³-hybridized carbons (Fsp3) is 0.148. The normalized spacial score (nSPS) is 11.3. The minimum Gasteiger partial charge on any atom is -0.465 e. The number of aryl methyl sites for hydroxylation is 1. The molecular formula is C27H21Cl2N3O3. The highest BCUT2D eigenvalue weighted by Gasteiger charge is 2.16. The predicted octanol–water partition coefficient (Wildman–Crippen LogP) is 5.85. The number of carbonyl (C=O) groups excluding carboxylic acids is 1. The Morgan fingerprint density at radius 3 is 2.57 bits per heavy atom. The van der Waals surface area contributed by atoms with Crippen molar-refractivity contribution in [3.63, 3.8) is 0 Å². The highest BCUT2D eigenvalue weighted by atomic mass is 35.5. The van der Waals surface area contributed by atoms with E-state index in [2.05, 4.69) is 11.1 Å². The third-order valence-corrected chi connectivity index (χ3v) is 6.78. The van der Waals surface area contributed by atoms with Crippen molar-refractivity contribution in [2.75, 3.05) is 7.11 Å². The maximum absolute atomic E-state index is 13.0. The Balaban J connectivity index is 1.47. The van der Waals surface area contributed by atoms with Gasteiger partial charge in [-0.3, -0.25) is 9.36 Å². The first-order valence-electron chi connectivity index (χ1n) is 10.9. The minimum absolute atomic E-state index is 0.0636. The van der Waals surface area contributed by atoms with Crippen molar-refractivity contribution in [3.8, 4) is 0 Å². The highest BCUT2D eigenvalue weighted by molar-refractivity contribution is 6.42. The predicted molar refractivity (Wildman–Crippen MR) is 139 cm³/mol. The Labute approximate surface area is 211 Å². The Morgan fingerprint density at radius 1 is 0.971 bits per heavy atom. The van der Waals surface area contributed by atoms with Gasteiger partial charge in [-0.25, -0.2) is 9.78 Å². The van der Waals surface area contributed by atoms with Gasteiger partial charge in [-0.05, 0) is 65.9 Å². The van der Waals surface area contributed by atoms with Crippen LogP contribution < -0.4 is 5.56 Å². The molecule has 0 unspecified atom stereocenters. The van der Waals surface area contributed by atoms with E-state index in [1.165, 1.54) is 13.2 Å². The van der Waals surface area contributed by atoms with E-state index in [4.69, 9.17) is 27.9 Å². The van der Waals surface area contributed by atoms with Gasteiger partial charge in [0.25, 0.3) is 5.56 Å². The Bertz CT molecular complexity index is 1670. The molecule has 0 spiro atoms. The van der Waals surface area contributed by atoms with Crippen LogP contribution in [0, 0.1) is 6.92 Å². The SMILES string of the molecule is COC(=O)c1cc(Cl)c(Cl)cc1Cn1ccc2cc(Cn3cnc4ccc(C)cc4c3=O)ccc21. The van der Waals surface area contributed by atoms with Crippen molar-refractivity contribution in [1.82, 2.24) is 14.1 Å². The van der Waals surface area contributed by atoms with E-state index >= 15 is 0 Å². The number of hydrogen-bond acceptors (Lipinski definition) is 4. The van der Waals surface area contributed by atoms with E-state index in [1.54, 1.807) is 17.0 Å². The molecule has 0 radical (unpaired) electrons. The minimum atomic E-state index is -0.470. The average molecular weight is 506 g/mol. The van der Waals surface area contributed by atoms with Crippen LogP contribution in [0.3, 0.4) is 0 Å². The maximum atomic E-state index is 13.0. The number of methoxy groups -OCH3 is 1. The van der Waals surface area contributed by atoms with Crippen molar-refractivity contribution < 1.29 is 9.53 Å². The molecule has 0 fully saturated rings. The molecule has 0 amide bonds. The van der Waals surface area contributed by atoms with E-state index in [9.17, 15) is 9.59 Å². The first-order valence-corrected chi connectivity index (χ1v) is 11.7. The van der Waals surface area contributed by atoms with Crippen molar-refractivity contribution >= 4 is 51.0 Å². The van der Waals surface area contributed by atoms with Gasteiger partial charge >= 0.3 is 5.97 Å². The summed E-state index contributed by atoms with van der Waals surface area (Å²) in [6.07, 6.45) is 3.54. The molecule has 0 N–H and O–H groups in total. The number of carbonyl (C=O) groups is 1. The fourth-order valence-electron chi connectivity index (χ4n) is 4.27. The summed E-state index contributed by atoms with van der Waals surface area (Å²) in [6.45, 7) is 2.79. The highest BCUT2D eigenvalue weighted by Crippen LogP contribution is 2.28. The number of halogens is 2. The standard InChI is InChI=1S/C27H21Cl2N3O3/c1-16-3-5-24-21(9-16)26(33)32(15-30-24)13-17-4-6-25-18(10-17)7-8-31(25)14-19-11-22(28)23(29)12-20(19)27(34)35-2/h3-12,15H,13-14H2,1-2H3. The summed E-state index contributed by atoms with van der Waals surface area (Å²) < 4.78 is 8.56. The molecule has 3 aromatic carbocycles. The van der Waals surface area contributed by atoms with Crippen LogP contribution >= 0.6 is 23.2 Å². The zero-order valence-electron chi connectivity index (χ0n) is 19.1. The van der Waals surface area contributed by atoms with Gasteiger partial charge < -0.3 is 9.30 Å². The first-order chi connectivity index (χ1) is 16.8. The zero-order valence-corrected chi connectivity index (χ0v) is 20.6. The third-order valence-electron chi connectivity index (χ3n) is 6.06. The largest absolute Gasteiger partial charge is 0.465 e. The molecule has 5 rings (SSSR count). The van der Waals surface area contributed by atoms with Crippen molar-refractivity contribution in [3.05, 3.63) is 110 Å². The molecule has 176 valence electrons. The monoisotopic (exact) mass is 505 g/mol. The zero-order chi connectivity index (χ0) is 24.7. The Kier molecular flexibility index (Phi) is 6.09. The molecular weight excluding hydrogens is 485 g/mol. The van der Waals surface area contributed by atoms with E-state index in [0.717, 1.165) is 22.0 Å². The van der Waals surface area contributed by atoms with Crippen LogP contribution in [0.4, 0.5) is 0 Å². The quantitative estimate of drug-likeness (QED) is 0.281. The number of ether oxygens (including phenoxy) is 1. The summed E-state index contributed by atoms with van der Waals surface area (Å²) in [7, 11) is 1.33. The second-order valence-electron chi connectivity index (χ2n) is 8.45. The molecule has 5 aromatic rings. The van der Waals surface area contributed by atoms with E-state index in [0.29, 0.717) is 45.2 Å². The third kappa shape index (κ3) is 4.43. The Morgan fingerprint density at radius 2 is 1.77 bits per heavy atom. The first kappa shape index (κ1) is 23.1. The summed E-state index contributed by atoms with van der Waals surface area (Å²) in [5.41, 5.74) is 4.69. The molecule has 35 heavy (non-hydrogen) atoms.